The molecule has 0 aliphatic carbocycles. The van der Waals surface area contributed by atoms with Gasteiger partial charge in [-0.15, -0.1) is 11.3 Å². The van der Waals surface area contributed by atoms with Crippen molar-refractivity contribution >= 4 is 23.2 Å². The highest BCUT2D eigenvalue weighted by Gasteiger charge is 2.07. The van der Waals surface area contributed by atoms with Crippen LogP contribution in [0.4, 0.5) is 0 Å². The lowest BCUT2D eigenvalue weighted by Gasteiger charge is -2.10. The number of amides is 1. The second-order valence-electron chi connectivity index (χ2n) is 4.81. The lowest BCUT2D eigenvalue weighted by Crippen LogP contribution is -2.37. The fraction of sp³-hybridized carbons (Fsp3) is 0.400. The van der Waals surface area contributed by atoms with Gasteiger partial charge in [-0.3, -0.25) is 9.79 Å². The number of guanidine groups is 1. The van der Waals surface area contributed by atoms with E-state index in [0.29, 0.717) is 18.3 Å². The monoisotopic (exact) mass is 335 g/mol. The predicted molar refractivity (Wildman–Crippen MR) is 90.6 cm³/mol. The molecule has 0 unspecified atom stereocenters. The summed E-state index contributed by atoms with van der Waals surface area (Å²) in [5.41, 5.74) is 5.15. The van der Waals surface area contributed by atoms with E-state index in [1.54, 1.807) is 30.5 Å². The number of nitrogens with zero attached hydrogens (tertiary/aromatic N) is 2. The number of thiazole rings is 1. The van der Waals surface area contributed by atoms with Crippen LogP contribution in [0.25, 0.3) is 0 Å². The standard InChI is InChI=1S/C15H21N5O2S/c1-3-11-9-19-13(23-11)6-7-18-15(17-2)20-8-10-4-5-12(22-10)14(16)21/h4-5,9H,3,6-8H2,1-2H3,(H2,16,21)(H2,17,18,20). The quantitative estimate of drug-likeness (QED) is 0.522. The van der Waals surface area contributed by atoms with Gasteiger partial charge in [0.05, 0.1) is 11.6 Å². The summed E-state index contributed by atoms with van der Waals surface area (Å²) in [5.74, 6) is 0.859. The fourth-order valence-corrected chi connectivity index (χ4v) is 2.77. The Morgan fingerprint density at radius 3 is 2.87 bits per heavy atom. The van der Waals surface area contributed by atoms with Gasteiger partial charge in [-0.05, 0) is 18.6 Å². The Labute approximate surface area is 139 Å². The second-order valence-corrected chi connectivity index (χ2v) is 6.01. The van der Waals surface area contributed by atoms with Crippen molar-refractivity contribution in [2.75, 3.05) is 13.6 Å². The normalized spacial score (nSPS) is 11.5. The number of furan rings is 1. The van der Waals surface area contributed by atoms with E-state index in [4.69, 9.17) is 10.2 Å². The molecule has 0 aromatic carbocycles. The van der Waals surface area contributed by atoms with Gasteiger partial charge in [0.1, 0.15) is 5.76 Å². The molecule has 7 nitrogen and oxygen atoms in total. The lowest BCUT2D eigenvalue weighted by molar-refractivity contribution is 0.0972. The van der Waals surface area contributed by atoms with Crippen LogP contribution in [0.15, 0.2) is 27.7 Å². The SMILES string of the molecule is CCc1cnc(CCNC(=NC)NCc2ccc(C(N)=O)o2)s1. The molecule has 0 atom stereocenters. The zero-order valence-corrected chi connectivity index (χ0v) is 14.1. The maximum atomic E-state index is 11.0. The first kappa shape index (κ1) is 17.0. The van der Waals surface area contributed by atoms with Crippen molar-refractivity contribution in [3.05, 3.63) is 39.7 Å². The van der Waals surface area contributed by atoms with Crippen molar-refractivity contribution in [3.8, 4) is 0 Å². The third-order valence-corrected chi connectivity index (χ3v) is 4.34. The first-order chi connectivity index (χ1) is 11.1. The number of rotatable bonds is 7. The number of hydrogen-bond acceptors (Lipinski definition) is 5. The molecule has 0 saturated heterocycles. The van der Waals surface area contributed by atoms with Crippen molar-refractivity contribution < 1.29 is 9.21 Å². The molecule has 23 heavy (non-hydrogen) atoms. The summed E-state index contributed by atoms with van der Waals surface area (Å²) in [6.45, 7) is 3.28. The third-order valence-electron chi connectivity index (χ3n) is 3.14. The molecular weight excluding hydrogens is 314 g/mol. The number of nitrogens with two attached hydrogens (primary N) is 1. The molecule has 0 spiro atoms. The van der Waals surface area contributed by atoms with Crippen molar-refractivity contribution in [2.24, 2.45) is 10.7 Å². The van der Waals surface area contributed by atoms with E-state index in [9.17, 15) is 4.79 Å². The van der Waals surface area contributed by atoms with E-state index in [0.717, 1.165) is 24.4 Å². The van der Waals surface area contributed by atoms with Crippen LogP contribution in [-0.4, -0.2) is 30.4 Å². The molecule has 0 bridgehead atoms. The van der Waals surface area contributed by atoms with E-state index >= 15 is 0 Å². The van der Waals surface area contributed by atoms with E-state index in [2.05, 4.69) is 27.5 Å². The highest BCUT2D eigenvalue weighted by atomic mass is 32.1. The van der Waals surface area contributed by atoms with Gasteiger partial charge >= 0.3 is 0 Å². The molecule has 1 amide bonds. The van der Waals surface area contributed by atoms with E-state index in [-0.39, 0.29) is 5.76 Å². The number of aryl methyl sites for hydroxylation is 1. The van der Waals surface area contributed by atoms with Crippen LogP contribution in [0.2, 0.25) is 0 Å². The van der Waals surface area contributed by atoms with Gasteiger partial charge in [0.25, 0.3) is 5.91 Å². The maximum Gasteiger partial charge on any atom is 0.284 e. The van der Waals surface area contributed by atoms with Crippen LogP contribution in [0.1, 0.15) is 33.1 Å². The molecule has 4 N–H and O–H groups in total. The smallest absolute Gasteiger partial charge is 0.284 e. The Kier molecular flexibility index (Phi) is 6.16. The summed E-state index contributed by atoms with van der Waals surface area (Å²) in [6.07, 6.45) is 3.79. The maximum absolute atomic E-state index is 11.0. The molecule has 0 radical (unpaired) electrons. The van der Waals surface area contributed by atoms with Gasteiger partial charge in [-0.2, -0.15) is 0 Å². The minimum Gasteiger partial charge on any atom is -0.454 e. The molecule has 2 aromatic rings. The van der Waals surface area contributed by atoms with E-state index < -0.39 is 5.91 Å². The number of aliphatic imine (C=N–C) groups is 1. The van der Waals surface area contributed by atoms with Gasteiger partial charge in [0, 0.05) is 31.1 Å². The summed E-state index contributed by atoms with van der Waals surface area (Å²) < 4.78 is 5.30. The van der Waals surface area contributed by atoms with Gasteiger partial charge in [0.15, 0.2) is 11.7 Å². The number of aromatic nitrogens is 1. The average Bonchev–Trinajstić information content (AvgIpc) is 3.19. The molecule has 0 saturated carbocycles. The predicted octanol–water partition coefficient (Wildman–Crippen LogP) is 1.31. The first-order valence-corrected chi connectivity index (χ1v) is 8.20. The number of carbonyl (C=O) groups is 1. The van der Waals surface area contributed by atoms with Gasteiger partial charge in [-0.1, -0.05) is 6.92 Å². The second kappa shape index (κ2) is 8.33. The molecule has 2 heterocycles. The molecule has 2 aromatic heterocycles. The highest BCUT2D eigenvalue weighted by molar-refractivity contribution is 7.11. The summed E-state index contributed by atoms with van der Waals surface area (Å²) >= 11 is 1.74. The molecule has 0 aliphatic rings. The first-order valence-electron chi connectivity index (χ1n) is 7.39. The van der Waals surface area contributed by atoms with Gasteiger partial charge in [-0.25, -0.2) is 4.98 Å². The topological polar surface area (TPSA) is 106 Å². The van der Waals surface area contributed by atoms with Gasteiger partial charge in [0.2, 0.25) is 0 Å². The van der Waals surface area contributed by atoms with Crippen LogP contribution in [0.3, 0.4) is 0 Å². The fourth-order valence-electron chi connectivity index (χ4n) is 1.91. The Morgan fingerprint density at radius 2 is 2.26 bits per heavy atom. The Hall–Kier alpha value is -2.35. The average molecular weight is 335 g/mol. The number of primary amides is 1. The number of nitrogens with one attached hydrogen (secondary N) is 2. The minimum atomic E-state index is -0.575. The minimum absolute atomic E-state index is 0.153. The third kappa shape index (κ3) is 5.10. The Morgan fingerprint density at radius 1 is 1.43 bits per heavy atom. The van der Waals surface area contributed by atoms with Crippen molar-refractivity contribution in [1.82, 2.24) is 15.6 Å². The zero-order chi connectivity index (χ0) is 16.7. The molecule has 2 rings (SSSR count). The number of carbonyl (C=O) groups excluding carboxylic acids is 1. The summed E-state index contributed by atoms with van der Waals surface area (Å²) in [5, 5.41) is 7.45. The van der Waals surface area contributed by atoms with Crippen molar-refractivity contribution in [3.63, 3.8) is 0 Å². The number of hydrogen-bond donors (Lipinski definition) is 3. The molecule has 0 fully saturated rings. The Balaban J connectivity index is 1.75. The van der Waals surface area contributed by atoms with Crippen LogP contribution in [-0.2, 0) is 19.4 Å². The largest absolute Gasteiger partial charge is 0.454 e. The van der Waals surface area contributed by atoms with Crippen LogP contribution in [0.5, 0.6) is 0 Å². The highest BCUT2D eigenvalue weighted by Crippen LogP contribution is 2.13. The summed E-state index contributed by atoms with van der Waals surface area (Å²) in [4.78, 5) is 20.8. The Bertz CT molecular complexity index is 677. The van der Waals surface area contributed by atoms with Gasteiger partial charge < -0.3 is 20.8 Å². The van der Waals surface area contributed by atoms with Crippen molar-refractivity contribution in [2.45, 2.75) is 26.3 Å². The van der Waals surface area contributed by atoms with Crippen molar-refractivity contribution in [1.29, 1.82) is 0 Å². The molecular formula is C15H21N5O2S. The van der Waals surface area contributed by atoms with Crippen LogP contribution < -0.4 is 16.4 Å². The molecule has 0 aliphatic heterocycles. The van der Waals surface area contributed by atoms with E-state index in [1.807, 2.05) is 6.20 Å². The van der Waals surface area contributed by atoms with Crippen LogP contribution in [0, 0.1) is 0 Å². The zero-order valence-electron chi connectivity index (χ0n) is 13.3. The summed E-state index contributed by atoms with van der Waals surface area (Å²) in [7, 11) is 1.70. The molecule has 124 valence electrons. The van der Waals surface area contributed by atoms with E-state index in [1.165, 1.54) is 4.88 Å². The lowest BCUT2D eigenvalue weighted by atomic mass is 10.4. The summed E-state index contributed by atoms with van der Waals surface area (Å²) in [6, 6.07) is 3.27. The molecule has 8 heteroatoms. The van der Waals surface area contributed by atoms with Crippen LogP contribution >= 0.6 is 11.3 Å².